The number of aryl methyl sites for hydroxylation is 1. The van der Waals surface area contributed by atoms with Crippen molar-refractivity contribution in [1.29, 1.82) is 0 Å². The zero-order valence-corrected chi connectivity index (χ0v) is 19.9. The van der Waals surface area contributed by atoms with Gasteiger partial charge in [0.25, 0.3) is 0 Å². The predicted octanol–water partition coefficient (Wildman–Crippen LogP) is 2.53. The lowest BCUT2D eigenvalue weighted by atomic mass is 10.1. The first-order chi connectivity index (χ1) is 13.6. The van der Waals surface area contributed by atoms with Gasteiger partial charge in [-0.3, -0.25) is 14.7 Å². The average Bonchev–Trinajstić information content (AvgIpc) is 2.70. The summed E-state index contributed by atoms with van der Waals surface area (Å²) in [7, 11) is 1.77. The van der Waals surface area contributed by atoms with Gasteiger partial charge >= 0.3 is 0 Å². The fourth-order valence-corrected chi connectivity index (χ4v) is 3.34. The molecule has 0 saturated carbocycles. The van der Waals surface area contributed by atoms with Crippen molar-refractivity contribution in [1.82, 2.24) is 20.9 Å². The first-order valence-corrected chi connectivity index (χ1v) is 10.3. The highest BCUT2D eigenvalue weighted by Crippen LogP contribution is 2.10. The number of benzene rings is 1. The molecule has 1 amide bonds. The molecule has 1 aromatic carbocycles. The number of piperidine rings is 1. The molecular formula is C21H35FIN5O. The first-order valence-electron chi connectivity index (χ1n) is 10.3. The Hall–Kier alpha value is -1.42. The molecule has 0 unspecified atom stereocenters. The molecule has 3 N–H and O–H groups in total. The maximum Gasteiger partial charge on any atom is 0.234 e. The third-order valence-corrected chi connectivity index (χ3v) is 4.92. The molecule has 1 heterocycles. The summed E-state index contributed by atoms with van der Waals surface area (Å²) < 4.78 is 13.2. The number of hydrogen-bond donors (Lipinski definition) is 3. The number of aliphatic imine (C=N–C) groups is 1. The molecule has 8 heteroatoms. The van der Waals surface area contributed by atoms with Gasteiger partial charge < -0.3 is 16.0 Å². The van der Waals surface area contributed by atoms with Crippen LogP contribution in [-0.2, 0) is 11.2 Å². The van der Waals surface area contributed by atoms with Gasteiger partial charge in [-0.2, -0.15) is 0 Å². The predicted molar refractivity (Wildman–Crippen MR) is 127 cm³/mol. The smallest absolute Gasteiger partial charge is 0.234 e. The van der Waals surface area contributed by atoms with E-state index in [0.717, 1.165) is 69.8 Å². The number of rotatable bonds is 9. The maximum absolute atomic E-state index is 13.2. The highest BCUT2D eigenvalue weighted by atomic mass is 127. The summed E-state index contributed by atoms with van der Waals surface area (Å²) >= 11 is 0. The van der Waals surface area contributed by atoms with Gasteiger partial charge in [0.15, 0.2) is 5.96 Å². The minimum absolute atomic E-state index is 0. The van der Waals surface area contributed by atoms with Gasteiger partial charge in [0.05, 0.1) is 6.54 Å². The molecule has 164 valence electrons. The van der Waals surface area contributed by atoms with Crippen LogP contribution in [0.25, 0.3) is 0 Å². The lowest BCUT2D eigenvalue weighted by molar-refractivity contribution is -0.122. The largest absolute Gasteiger partial charge is 0.356 e. The molecule has 1 aliphatic heterocycles. The lowest BCUT2D eigenvalue weighted by Crippen LogP contribution is -2.50. The quantitative estimate of drug-likeness (QED) is 0.203. The van der Waals surface area contributed by atoms with Crippen LogP contribution >= 0.6 is 24.0 Å². The summed E-state index contributed by atoms with van der Waals surface area (Å²) in [6.07, 6.45) is 4.69. The second-order valence-electron chi connectivity index (χ2n) is 7.28. The number of nitrogens with zero attached hydrogens (tertiary/aromatic N) is 2. The number of likely N-dealkylation sites (tertiary alicyclic amines) is 1. The number of hydrogen-bond acceptors (Lipinski definition) is 3. The molecule has 1 aromatic rings. The van der Waals surface area contributed by atoms with Crippen LogP contribution in [0.5, 0.6) is 0 Å². The molecule has 6 nitrogen and oxygen atoms in total. The second kappa shape index (κ2) is 14.5. The SMILES string of the molecule is CCCNC(=O)CN1CCC(NC(=NC)NCCCc2cccc(F)c2)CC1.I. The van der Waals surface area contributed by atoms with Crippen molar-refractivity contribution in [3.8, 4) is 0 Å². The summed E-state index contributed by atoms with van der Waals surface area (Å²) in [6, 6.07) is 7.12. The van der Waals surface area contributed by atoms with E-state index in [9.17, 15) is 9.18 Å². The Morgan fingerprint density at radius 3 is 2.66 bits per heavy atom. The molecule has 1 fully saturated rings. The Labute approximate surface area is 191 Å². The summed E-state index contributed by atoms with van der Waals surface area (Å²) in [6.45, 7) is 5.89. The monoisotopic (exact) mass is 519 g/mol. The molecule has 0 spiro atoms. The molecule has 0 aromatic heterocycles. The topological polar surface area (TPSA) is 68.8 Å². The summed E-state index contributed by atoms with van der Waals surface area (Å²) in [4.78, 5) is 18.3. The van der Waals surface area contributed by atoms with Crippen molar-refractivity contribution in [2.75, 3.05) is 39.8 Å². The molecule has 0 bridgehead atoms. The molecule has 29 heavy (non-hydrogen) atoms. The van der Waals surface area contributed by atoms with Gasteiger partial charge in [0.1, 0.15) is 5.82 Å². The average molecular weight is 519 g/mol. The van der Waals surface area contributed by atoms with Gasteiger partial charge in [0, 0.05) is 39.3 Å². The summed E-state index contributed by atoms with van der Waals surface area (Å²) in [5, 5.41) is 9.74. The Morgan fingerprint density at radius 1 is 1.24 bits per heavy atom. The van der Waals surface area contributed by atoms with Gasteiger partial charge in [-0.05, 0) is 49.8 Å². The fourth-order valence-electron chi connectivity index (χ4n) is 3.34. The lowest BCUT2D eigenvalue weighted by Gasteiger charge is -2.32. The van der Waals surface area contributed by atoms with E-state index < -0.39 is 0 Å². The Morgan fingerprint density at radius 2 is 2.00 bits per heavy atom. The third-order valence-electron chi connectivity index (χ3n) is 4.92. The molecule has 0 aliphatic carbocycles. The van der Waals surface area contributed by atoms with Crippen molar-refractivity contribution in [3.05, 3.63) is 35.6 Å². The van der Waals surface area contributed by atoms with E-state index in [4.69, 9.17) is 0 Å². The fraction of sp³-hybridized carbons (Fsp3) is 0.619. The molecule has 1 aliphatic rings. The highest BCUT2D eigenvalue weighted by Gasteiger charge is 2.21. The second-order valence-corrected chi connectivity index (χ2v) is 7.28. The van der Waals surface area contributed by atoms with E-state index in [1.807, 2.05) is 6.07 Å². The maximum atomic E-state index is 13.2. The van der Waals surface area contributed by atoms with Crippen LogP contribution < -0.4 is 16.0 Å². The van der Waals surface area contributed by atoms with Crippen LogP contribution in [-0.4, -0.2) is 62.6 Å². The van der Waals surface area contributed by atoms with Crippen LogP contribution in [0.4, 0.5) is 4.39 Å². The summed E-state index contributed by atoms with van der Waals surface area (Å²) in [5.41, 5.74) is 1.01. The zero-order valence-electron chi connectivity index (χ0n) is 17.5. The van der Waals surface area contributed by atoms with Crippen LogP contribution in [0, 0.1) is 5.82 Å². The standard InChI is InChI=1S/C21H34FN5O.HI/c1-3-11-24-20(28)16-27-13-9-19(10-14-27)26-21(23-2)25-12-5-7-17-6-4-8-18(22)15-17;/h4,6,8,15,19H,3,5,7,9-14,16H2,1-2H3,(H,24,28)(H2,23,25,26);1H. The van der Waals surface area contributed by atoms with Crippen LogP contribution in [0.2, 0.25) is 0 Å². The van der Waals surface area contributed by atoms with E-state index in [1.54, 1.807) is 19.2 Å². The number of amides is 1. The number of halogens is 2. The molecule has 1 saturated heterocycles. The van der Waals surface area contributed by atoms with Crippen molar-refractivity contribution in [2.45, 2.75) is 45.1 Å². The minimum Gasteiger partial charge on any atom is -0.356 e. The van der Waals surface area contributed by atoms with Gasteiger partial charge in [0.2, 0.25) is 5.91 Å². The van der Waals surface area contributed by atoms with E-state index in [2.05, 4.69) is 32.8 Å². The van der Waals surface area contributed by atoms with Gasteiger partial charge in [-0.1, -0.05) is 19.1 Å². The number of nitrogens with one attached hydrogen (secondary N) is 3. The van der Waals surface area contributed by atoms with E-state index in [-0.39, 0.29) is 35.7 Å². The Kier molecular flexibility index (Phi) is 12.8. The van der Waals surface area contributed by atoms with E-state index >= 15 is 0 Å². The van der Waals surface area contributed by atoms with E-state index in [0.29, 0.717) is 12.6 Å². The number of carbonyl (C=O) groups excluding carboxylic acids is 1. The zero-order chi connectivity index (χ0) is 20.2. The highest BCUT2D eigenvalue weighted by molar-refractivity contribution is 14.0. The van der Waals surface area contributed by atoms with Crippen molar-refractivity contribution in [3.63, 3.8) is 0 Å². The summed E-state index contributed by atoms with van der Waals surface area (Å²) in [5.74, 6) is 0.736. The van der Waals surface area contributed by atoms with E-state index in [1.165, 1.54) is 6.07 Å². The molecule has 0 radical (unpaired) electrons. The number of guanidine groups is 1. The van der Waals surface area contributed by atoms with Crippen molar-refractivity contribution >= 4 is 35.8 Å². The van der Waals surface area contributed by atoms with Gasteiger partial charge in [-0.15, -0.1) is 24.0 Å². The van der Waals surface area contributed by atoms with Crippen LogP contribution in [0.15, 0.2) is 29.3 Å². The third kappa shape index (κ3) is 10.3. The molecule has 2 rings (SSSR count). The van der Waals surface area contributed by atoms with Crippen LogP contribution in [0.3, 0.4) is 0 Å². The van der Waals surface area contributed by atoms with Crippen LogP contribution in [0.1, 0.15) is 38.2 Å². The molecular weight excluding hydrogens is 484 g/mol. The Balaban J connectivity index is 0.00000420. The molecule has 0 atom stereocenters. The van der Waals surface area contributed by atoms with Gasteiger partial charge in [-0.25, -0.2) is 4.39 Å². The normalized spacial score (nSPS) is 15.5. The Bertz CT molecular complexity index is 635. The van der Waals surface area contributed by atoms with Crippen molar-refractivity contribution < 1.29 is 9.18 Å². The van der Waals surface area contributed by atoms with Crippen molar-refractivity contribution in [2.24, 2.45) is 4.99 Å². The first kappa shape index (κ1) is 25.6. The number of carbonyl (C=O) groups is 1. The minimum atomic E-state index is -0.183.